The van der Waals surface area contributed by atoms with Crippen LogP contribution in [0.25, 0.3) is 0 Å². The molecule has 17 heavy (non-hydrogen) atoms. The molecule has 0 heterocycles. The van der Waals surface area contributed by atoms with E-state index in [9.17, 15) is 0 Å². The van der Waals surface area contributed by atoms with Gasteiger partial charge in [-0.25, -0.2) is 0 Å². The Hall–Kier alpha value is 6.68. The van der Waals surface area contributed by atoms with Crippen LogP contribution in [0.1, 0.15) is 0 Å². The van der Waals surface area contributed by atoms with Crippen molar-refractivity contribution in [2.75, 3.05) is 0 Å². The Morgan fingerprint density at radius 2 is 0.353 bits per heavy atom. The van der Waals surface area contributed by atoms with Crippen molar-refractivity contribution >= 4 is 194 Å². The second kappa shape index (κ2) is 0.664. The van der Waals surface area contributed by atoms with Crippen LogP contribution in [0.2, 0.25) is 0 Å². The summed E-state index contributed by atoms with van der Waals surface area (Å²) in [5.74, 6) is 0. The van der Waals surface area contributed by atoms with Gasteiger partial charge in [-0.1, -0.05) is 0 Å². The van der Waals surface area contributed by atoms with Gasteiger partial charge in [0, 0.05) is 0 Å². The van der Waals surface area contributed by atoms with E-state index >= 15 is 0 Å². The quantitative estimate of drug-likeness (QED) is 0.212. The van der Waals surface area contributed by atoms with Crippen LogP contribution in [0.3, 0.4) is 0 Å². The van der Waals surface area contributed by atoms with Crippen molar-refractivity contribution in [2.24, 2.45) is 0 Å². The Balaban J connectivity index is 11.5. The topological polar surface area (TPSA) is 0 Å². The van der Waals surface area contributed by atoms with Gasteiger partial charge in [-0.05, 0) is 0 Å². The van der Waals surface area contributed by atoms with Crippen molar-refractivity contribution < 1.29 is -21.6 Å². The standard InChI is InChI=1S/8BrH.8ClH.Fe/h16*1H;/q;;;;;;;;;;;;;;;;+16/p-16. The van der Waals surface area contributed by atoms with Crippen LogP contribution in [0, 0.1) is 0 Å². The molecule has 0 fully saturated rings. The van der Waals surface area contributed by atoms with E-state index in [1.807, 2.05) is 0 Å². The van der Waals surface area contributed by atoms with Crippen molar-refractivity contribution in [3.63, 3.8) is 0 Å². The molecule has 0 aliphatic carbocycles. The van der Waals surface area contributed by atoms with Crippen molar-refractivity contribution in [3.05, 3.63) is 0 Å². The van der Waals surface area contributed by atoms with Crippen LogP contribution in [0.4, 0.5) is 0 Å². The fraction of sp³-hybridized carbons (Fsp3) is 0. The molecular weight excluding hydrogens is 979 g/mol. The molecule has 0 saturated heterocycles. The summed E-state index contributed by atoms with van der Waals surface area (Å²) in [7, 11) is 50.4. The summed E-state index contributed by atoms with van der Waals surface area (Å²) in [5, 5.41) is 0. The first-order valence-corrected chi connectivity index (χ1v) is 36.1. The fourth-order valence-electron chi connectivity index (χ4n) is 0. The summed E-state index contributed by atoms with van der Waals surface area (Å²) in [6.07, 6.45) is 0. The zero-order valence-corrected chi connectivity index (χ0v) is 26.2. The second-order valence-electron chi connectivity index (χ2n) is 6.06. The minimum atomic E-state index is -12.8. The molecule has 0 rings (SSSR count). The number of halogens is 16. The first kappa shape index (κ1) is 23.7. The van der Waals surface area contributed by atoms with Crippen LogP contribution in [-0.2, 0) is -21.6 Å². The van der Waals surface area contributed by atoms with E-state index in [2.05, 4.69) is 113 Å². The molecule has 0 aliphatic heterocycles. The second-order valence-corrected chi connectivity index (χ2v) is 418. The molecule has 0 spiro atoms. The summed E-state index contributed by atoms with van der Waals surface area (Å²) < 4.78 is -12.8. The van der Waals surface area contributed by atoms with Gasteiger partial charge in [0.05, 0.1) is 0 Å². The van der Waals surface area contributed by atoms with Crippen LogP contribution in [-0.4, -0.2) is 0 Å². The molecule has 0 N–H and O–H groups in total. The molecule has 0 radical (unpaired) electrons. The Bertz CT molecular complexity index is 850. The van der Waals surface area contributed by atoms with Crippen molar-refractivity contribution in [1.29, 1.82) is 0 Å². The molecule has 0 aromatic heterocycles. The average Bonchev–Trinajstić information content (AvgIpc) is 0.323. The zero-order chi connectivity index (χ0) is 16.2. The summed E-state index contributed by atoms with van der Waals surface area (Å²) in [6.45, 7) is 0. The molecule has 0 atom stereocenters. The SMILES string of the molecule is [Cl][Fe]([Cl])([Cl])([Cl])([Cl])([Cl])([Cl])([Cl])([Br])([Br])([Br])([Br])([Br])([Br])([Br])[Br]. The van der Waals surface area contributed by atoms with Crippen LogP contribution in [0.5, 0.6) is 0 Å². The zero-order valence-electron chi connectivity index (χ0n) is 6.40. The summed E-state index contributed by atoms with van der Waals surface area (Å²) in [5.41, 5.74) is 0. The molecular formula is Br8Cl8Fe. The first-order chi connectivity index (χ1) is 4.00. The normalized spacial score (nSPS) is 63.1. The third-order valence-corrected chi connectivity index (χ3v) is 0. The molecule has 0 bridgehead atoms. The maximum absolute atomic E-state index is 12.8. The molecule has 0 saturated carbocycles. The monoisotopic (exact) mass is 967 g/mol. The van der Waals surface area contributed by atoms with Gasteiger partial charge < -0.3 is 0 Å². The van der Waals surface area contributed by atoms with E-state index in [4.69, 9.17) is 80.8 Å². The maximum atomic E-state index is 6.30. The molecule has 120 valence electrons. The van der Waals surface area contributed by atoms with E-state index in [0.717, 1.165) is 0 Å². The Kier molecular flexibility index (Phi) is 0.925. The fourth-order valence-corrected chi connectivity index (χ4v) is 0. The van der Waals surface area contributed by atoms with Crippen LogP contribution >= 0.6 is 194 Å². The predicted molar refractivity (Wildman–Crippen MR) is 118 cm³/mol. The van der Waals surface area contributed by atoms with Gasteiger partial charge >= 0.3 is 172 Å². The molecule has 17 heteroatoms. The van der Waals surface area contributed by atoms with E-state index < -0.39 is -21.6 Å². The molecule has 0 aromatic carbocycles. The van der Waals surface area contributed by atoms with Gasteiger partial charge in [0.15, 0.2) is 0 Å². The van der Waals surface area contributed by atoms with Gasteiger partial charge in [-0.2, -0.15) is 0 Å². The summed E-state index contributed by atoms with van der Waals surface area (Å²) >= 11 is 17.4. The molecule has 0 unspecified atom stereocenters. The van der Waals surface area contributed by atoms with Gasteiger partial charge in [-0.3, -0.25) is 0 Å². The van der Waals surface area contributed by atoms with E-state index in [0.29, 0.717) is 0 Å². The third kappa shape index (κ3) is 217. The predicted octanol–water partition coefficient (Wildman–Crippen LogP) is 12.3. The van der Waals surface area contributed by atoms with Gasteiger partial charge in [0.25, 0.3) is 0 Å². The number of hydrogen-bond acceptors (Lipinski definition) is 0. The van der Waals surface area contributed by atoms with E-state index in [-0.39, 0.29) is 0 Å². The summed E-state index contributed by atoms with van der Waals surface area (Å²) in [4.78, 5) is 0. The van der Waals surface area contributed by atoms with E-state index in [1.165, 1.54) is 0 Å². The Morgan fingerprint density at radius 1 is 0.353 bits per heavy atom. The minimum absolute atomic E-state index is 2.18. The third-order valence-electron chi connectivity index (χ3n) is 0. The van der Waals surface area contributed by atoms with Gasteiger partial charge in [0.1, 0.15) is 0 Å². The number of rotatable bonds is 0. The molecule has 0 aliphatic rings. The first-order valence-electron chi connectivity index (χ1n) is 2.14. The number of hydrogen-bond donors (Lipinski definition) is 0. The summed E-state index contributed by atoms with van der Waals surface area (Å²) in [6, 6.07) is 0. The van der Waals surface area contributed by atoms with Gasteiger partial charge in [-0.15, -0.1) is 0 Å². The molecule has 0 aromatic rings. The Labute approximate surface area is 167 Å². The van der Waals surface area contributed by atoms with Crippen molar-refractivity contribution in [1.82, 2.24) is 0 Å². The van der Waals surface area contributed by atoms with Crippen LogP contribution < -0.4 is 0 Å². The molecule has 0 amide bonds. The van der Waals surface area contributed by atoms with Crippen molar-refractivity contribution in [3.8, 4) is 0 Å². The Morgan fingerprint density at radius 3 is 0.353 bits per heavy atom. The van der Waals surface area contributed by atoms with Crippen LogP contribution in [0.15, 0.2) is 0 Å². The van der Waals surface area contributed by atoms with Gasteiger partial charge in [0.2, 0.25) is 0 Å². The van der Waals surface area contributed by atoms with E-state index in [1.54, 1.807) is 0 Å². The van der Waals surface area contributed by atoms with Crippen molar-refractivity contribution in [2.45, 2.75) is 0 Å². The average molecular weight is 979 g/mol. The molecule has 0 nitrogen and oxygen atoms in total.